The Hall–Kier alpha value is -6.00. The molecule has 0 amide bonds. The summed E-state index contributed by atoms with van der Waals surface area (Å²) >= 11 is 0. The van der Waals surface area contributed by atoms with Gasteiger partial charge in [0.2, 0.25) is 0 Å². The van der Waals surface area contributed by atoms with Gasteiger partial charge in [0.1, 0.15) is 11.5 Å². The fourth-order valence-corrected chi connectivity index (χ4v) is 8.40. The number of rotatable bonds is 7. The van der Waals surface area contributed by atoms with E-state index in [4.69, 9.17) is 0 Å². The van der Waals surface area contributed by atoms with Crippen LogP contribution in [0.25, 0.3) is 32.3 Å². The number of hydrogen-bond donors (Lipinski definition) is 2. The first-order chi connectivity index (χ1) is 24.8. The number of aromatic hydroxyl groups is 2. The average molecular weight is 665 g/mol. The summed E-state index contributed by atoms with van der Waals surface area (Å²) in [5, 5.41) is 28.3. The third-order valence-electron chi connectivity index (χ3n) is 11.0. The third-order valence-corrected chi connectivity index (χ3v) is 11.0. The lowest BCUT2D eigenvalue weighted by atomic mass is 9.70. The molecule has 4 heteroatoms. The second-order valence-corrected chi connectivity index (χ2v) is 14.5. The molecule has 1 aliphatic rings. The summed E-state index contributed by atoms with van der Waals surface area (Å²) in [5.41, 5.74) is 10.4. The minimum atomic E-state index is -0.0197. The predicted molar refractivity (Wildman–Crippen MR) is 214 cm³/mol. The van der Waals surface area contributed by atoms with Gasteiger partial charge in [0, 0.05) is 38.9 Å². The van der Waals surface area contributed by atoms with Crippen molar-refractivity contribution in [3.63, 3.8) is 0 Å². The van der Waals surface area contributed by atoms with Crippen molar-refractivity contribution in [2.75, 3.05) is 9.80 Å². The molecule has 0 bridgehead atoms. The lowest BCUT2D eigenvalue weighted by molar-refractivity contribution is 0.475. The van der Waals surface area contributed by atoms with Crippen LogP contribution in [-0.4, -0.2) is 10.2 Å². The van der Waals surface area contributed by atoms with Gasteiger partial charge in [0.25, 0.3) is 0 Å². The highest BCUT2D eigenvalue weighted by molar-refractivity contribution is 6.30. The number of benzene rings is 8. The SMILES string of the molecule is CCc1cc(N(c2ccccc2)c2ccc(O)cc2)c2cc3c4c(cc(N(c5ccccc5)c5ccc(O)cc5)c5ccc1c2c54)CCC3(C)C. The molecular weight excluding hydrogens is 625 g/mol. The van der Waals surface area contributed by atoms with E-state index in [1.165, 1.54) is 49.0 Å². The molecule has 0 saturated heterocycles. The molecule has 0 atom stereocenters. The zero-order chi connectivity index (χ0) is 34.9. The topological polar surface area (TPSA) is 46.9 Å². The van der Waals surface area contributed by atoms with Crippen molar-refractivity contribution in [3.8, 4) is 11.5 Å². The van der Waals surface area contributed by atoms with Gasteiger partial charge in [-0.05, 0) is 149 Å². The zero-order valence-electron chi connectivity index (χ0n) is 29.2. The molecule has 9 rings (SSSR count). The number of nitrogens with zero attached hydrogens (tertiary/aromatic N) is 2. The number of hydrogen-bond acceptors (Lipinski definition) is 4. The van der Waals surface area contributed by atoms with Gasteiger partial charge in [-0.25, -0.2) is 0 Å². The number of phenolic OH excluding ortho intramolecular Hbond substituents is 2. The maximum absolute atomic E-state index is 10.3. The third kappa shape index (κ3) is 4.97. The Bertz CT molecular complexity index is 2540. The van der Waals surface area contributed by atoms with Gasteiger partial charge in [0.15, 0.2) is 0 Å². The van der Waals surface area contributed by atoms with E-state index < -0.39 is 0 Å². The van der Waals surface area contributed by atoms with Gasteiger partial charge in [-0.3, -0.25) is 0 Å². The molecule has 1 aliphatic carbocycles. The summed E-state index contributed by atoms with van der Waals surface area (Å²) in [6, 6.07) is 48.2. The first-order valence-electron chi connectivity index (χ1n) is 17.9. The Morgan fingerprint density at radius 3 is 1.59 bits per heavy atom. The van der Waals surface area contributed by atoms with E-state index in [1.54, 1.807) is 24.3 Å². The molecule has 4 nitrogen and oxygen atoms in total. The molecule has 0 radical (unpaired) electrons. The van der Waals surface area contributed by atoms with Crippen LogP contribution in [0, 0.1) is 0 Å². The molecule has 0 fully saturated rings. The van der Waals surface area contributed by atoms with Crippen LogP contribution in [0.3, 0.4) is 0 Å². The molecule has 0 saturated carbocycles. The van der Waals surface area contributed by atoms with Crippen molar-refractivity contribution in [1.82, 2.24) is 0 Å². The summed E-state index contributed by atoms with van der Waals surface area (Å²) in [4.78, 5) is 4.69. The second-order valence-electron chi connectivity index (χ2n) is 14.5. The minimum Gasteiger partial charge on any atom is -0.508 e. The van der Waals surface area contributed by atoms with Gasteiger partial charge in [-0.2, -0.15) is 0 Å². The summed E-state index contributed by atoms with van der Waals surface area (Å²) in [7, 11) is 0. The van der Waals surface area contributed by atoms with Crippen LogP contribution in [0.4, 0.5) is 34.1 Å². The lowest BCUT2D eigenvalue weighted by Gasteiger charge is -2.37. The number of phenols is 2. The fraction of sp³-hybridized carbons (Fsp3) is 0.149. The molecule has 8 aromatic carbocycles. The normalized spacial score (nSPS) is 13.6. The Morgan fingerprint density at radius 2 is 1.04 bits per heavy atom. The van der Waals surface area contributed by atoms with Crippen LogP contribution in [0.2, 0.25) is 0 Å². The Balaban J connectivity index is 1.44. The molecule has 0 aliphatic heterocycles. The van der Waals surface area contributed by atoms with Crippen molar-refractivity contribution in [1.29, 1.82) is 0 Å². The molecular formula is C47H40N2O2. The average Bonchev–Trinajstić information content (AvgIpc) is 3.16. The van der Waals surface area contributed by atoms with Gasteiger partial charge in [0.05, 0.1) is 11.4 Å². The molecule has 51 heavy (non-hydrogen) atoms. The van der Waals surface area contributed by atoms with Crippen molar-refractivity contribution in [2.45, 2.75) is 45.4 Å². The molecule has 2 N–H and O–H groups in total. The largest absolute Gasteiger partial charge is 0.508 e. The molecule has 250 valence electrons. The van der Waals surface area contributed by atoms with Crippen LogP contribution in [0.15, 0.2) is 140 Å². The van der Waals surface area contributed by atoms with Crippen molar-refractivity contribution in [3.05, 3.63) is 156 Å². The zero-order valence-corrected chi connectivity index (χ0v) is 29.2. The maximum Gasteiger partial charge on any atom is 0.115 e. The van der Waals surface area contributed by atoms with Crippen molar-refractivity contribution >= 4 is 66.4 Å². The van der Waals surface area contributed by atoms with Crippen LogP contribution < -0.4 is 9.80 Å². The van der Waals surface area contributed by atoms with Gasteiger partial charge in [-0.15, -0.1) is 0 Å². The first-order valence-corrected chi connectivity index (χ1v) is 17.9. The van der Waals surface area contributed by atoms with Crippen LogP contribution in [-0.2, 0) is 18.3 Å². The molecule has 0 spiro atoms. The number of anilines is 6. The van der Waals surface area contributed by atoms with E-state index in [9.17, 15) is 10.2 Å². The van der Waals surface area contributed by atoms with E-state index in [1.807, 2.05) is 24.3 Å². The monoisotopic (exact) mass is 664 g/mol. The molecule has 0 heterocycles. The summed E-state index contributed by atoms with van der Waals surface area (Å²) < 4.78 is 0. The summed E-state index contributed by atoms with van der Waals surface area (Å²) in [5.74, 6) is 0.500. The highest BCUT2D eigenvalue weighted by Gasteiger charge is 2.33. The quantitative estimate of drug-likeness (QED) is 0.166. The molecule has 0 unspecified atom stereocenters. The Morgan fingerprint density at radius 1 is 0.529 bits per heavy atom. The summed E-state index contributed by atoms with van der Waals surface area (Å²) in [6.45, 7) is 7.04. The fourth-order valence-electron chi connectivity index (χ4n) is 8.40. The standard InChI is InChI=1S/C47H40N2O2/c1-4-30-27-43(49(33-13-9-6-10-14-33)35-17-21-37(51)22-18-35)40-29-41-44-31(25-26-47(41,2)3)28-42(39-24-23-38(30)45(40)46(39)44)48(32-11-7-5-8-12-32)34-15-19-36(50)20-16-34/h5-24,27-29,50-51H,4,25-26H2,1-3H3. The highest BCUT2D eigenvalue weighted by atomic mass is 16.3. The molecule has 0 aromatic heterocycles. The van der Waals surface area contributed by atoms with E-state index >= 15 is 0 Å². The van der Waals surface area contributed by atoms with Crippen molar-refractivity contribution < 1.29 is 10.2 Å². The highest BCUT2D eigenvalue weighted by Crippen LogP contribution is 2.54. The van der Waals surface area contributed by atoms with Crippen molar-refractivity contribution in [2.24, 2.45) is 0 Å². The minimum absolute atomic E-state index is 0.0197. The molecule has 8 aromatic rings. The van der Waals surface area contributed by atoms with Gasteiger partial charge < -0.3 is 20.0 Å². The Labute approximate surface area is 298 Å². The summed E-state index contributed by atoms with van der Waals surface area (Å²) in [6.07, 6.45) is 2.94. The van der Waals surface area contributed by atoms with E-state index in [0.29, 0.717) is 0 Å². The smallest absolute Gasteiger partial charge is 0.115 e. The van der Waals surface area contributed by atoms with E-state index in [-0.39, 0.29) is 16.9 Å². The maximum atomic E-state index is 10.3. The van der Waals surface area contributed by atoms with E-state index in [0.717, 1.165) is 53.4 Å². The van der Waals surface area contributed by atoms with Crippen LogP contribution in [0.1, 0.15) is 43.9 Å². The lowest BCUT2D eigenvalue weighted by Crippen LogP contribution is -2.24. The second kappa shape index (κ2) is 11.8. The number of para-hydroxylation sites is 2. The number of aryl methyl sites for hydroxylation is 2. The first kappa shape index (κ1) is 31.0. The van der Waals surface area contributed by atoms with Gasteiger partial charge >= 0.3 is 0 Å². The van der Waals surface area contributed by atoms with E-state index in [2.05, 4.69) is 122 Å². The van der Waals surface area contributed by atoms with Gasteiger partial charge in [-0.1, -0.05) is 69.3 Å². The van der Waals surface area contributed by atoms with Crippen LogP contribution in [0.5, 0.6) is 11.5 Å². The van der Waals surface area contributed by atoms with Crippen LogP contribution >= 0.6 is 0 Å². The Kier molecular flexibility index (Phi) is 7.18. The predicted octanol–water partition coefficient (Wildman–Crippen LogP) is 12.7.